The number of β-amino-alcohol motifs (C(OH)–C–C–N with tert-alkyl or cyclic N) is 1. The van der Waals surface area contributed by atoms with Crippen LogP contribution in [-0.2, 0) is 4.79 Å². The van der Waals surface area contributed by atoms with Crippen molar-refractivity contribution < 1.29 is 9.90 Å². The van der Waals surface area contributed by atoms with Gasteiger partial charge in [0.25, 0.3) is 0 Å². The number of piperidine rings is 1. The molecule has 0 aromatic rings. The molecule has 3 nitrogen and oxygen atoms in total. The molecule has 1 aliphatic carbocycles. The average Bonchev–Trinajstić information content (AvgIpc) is 2.29. The van der Waals surface area contributed by atoms with Gasteiger partial charge in [-0.1, -0.05) is 19.8 Å². The largest absolute Gasteiger partial charge is 0.392 e. The fourth-order valence-corrected chi connectivity index (χ4v) is 3.61. The van der Waals surface area contributed by atoms with Crippen LogP contribution in [0.5, 0.6) is 0 Å². The minimum absolute atomic E-state index is 0.130. The summed E-state index contributed by atoms with van der Waals surface area (Å²) < 4.78 is 0. The molecule has 1 heterocycles. The first-order chi connectivity index (χ1) is 8.13. The molecule has 1 saturated carbocycles. The number of likely N-dealkylation sites (tertiary alicyclic amines) is 1. The minimum Gasteiger partial charge on any atom is -0.392 e. The molecule has 2 fully saturated rings. The third-order valence-corrected chi connectivity index (χ3v) is 4.40. The second-order valence-electron chi connectivity index (χ2n) is 6.21. The smallest absolute Gasteiger partial charge is 0.127 e. The third-order valence-electron chi connectivity index (χ3n) is 4.40. The first-order valence-corrected chi connectivity index (χ1v) is 7.00. The molecular formula is C14H25NO2. The van der Waals surface area contributed by atoms with E-state index in [0.29, 0.717) is 5.92 Å². The minimum atomic E-state index is -0.187. The van der Waals surface area contributed by atoms with Crippen LogP contribution in [0.15, 0.2) is 0 Å². The van der Waals surface area contributed by atoms with Crippen LogP contribution in [0, 0.1) is 11.3 Å². The zero-order chi connectivity index (χ0) is 12.3. The summed E-state index contributed by atoms with van der Waals surface area (Å²) >= 11 is 0. The summed E-state index contributed by atoms with van der Waals surface area (Å²) in [5.74, 6) is 0.670. The number of carbonyl (C=O) groups is 1. The molecule has 17 heavy (non-hydrogen) atoms. The molecule has 98 valence electrons. The predicted molar refractivity (Wildman–Crippen MR) is 67.8 cm³/mol. The van der Waals surface area contributed by atoms with Crippen molar-refractivity contribution in [3.05, 3.63) is 0 Å². The van der Waals surface area contributed by atoms with Crippen LogP contribution in [0.1, 0.15) is 45.4 Å². The Morgan fingerprint density at radius 1 is 1.41 bits per heavy atom. The van der Waals surface area contributed by atoms with E-state index in [9.17, 15) is 9.90 Å². The summed E-state index contributed by atoms with van der Waals surface area (Å²) in [5, 5.41) is 9.69. The molecule has 0 bridgehead atoms. The van der Waals surface area contributed by atoms with Gasteiger partial charge in [0, 0.05) is 18.5 Å². The zero-order valence-corrected chi connectivity index (χ0v) is 10.9. The molecule has 3 unspecified atom stereocenters. The molecule has 1 saturated heterocycles. The summed E-state index contributed by atoms with van der Waals surface area (Å²) in [4.78, 5) is 13.8. The Kier molecular flexibility index (Phi) is 4.21. The molecule has 0 radical (unpaired) electrons. The van der Waals surface area contributed by atoms with Gasteiger partial charge in [0.05, 0.1) is 6.10 Å². The Balaban J connectivity index is 1.95. The van der Waals surface area contributed by atoms with E-state index in [1.54, 1.807) is 0 Å². The van der Waals surface area contributed by atoms with E-state index in [0.717, 1.165) is 45.3 Å². The van der Waals surface area contributed by atoms with E-state index < -0.39 is 0 Å². The van der Waals surface area contributed by atoms with Crippen molar-refractivity contribution in [3.63, 3.8) is 0 Å². The highest BCUT2D eigenvalue weighted by Crippen LogP contribution is 2.38. The first kappa shape index (κ1) is 13.0. The van der Waals surface area contributed by atoms with E-state index in [1.165, 1.54) is 19.1 Å². The van der Waals surface area contributed by atoms with Gasteiger partial charge in [0.2, 0.25) is 0 Å². The highest BCUT2D eigenvalue weighted by atomic mass is 16.3. The molecule has 0 spiro atoms. The molecule has 2 rings (SSSR count). The summed E-state index contributed by atoms with van der Waals surface area (Å²) in [5.41, 5.74) is -0.130. The van der Waals surface area contributed by atoms with Gasteiger partial charge in [-0.15, -0.1) is 0 Å². The Hall–Kier alpha value is -0.410. The maximum atomic E-state index is 11.5. The molecule has 2 aliphatic rings. The highest BCUT2D eigenvalue weighted by Gasteiger charge is 2.37. The lowest BCUT2D eigenvalue weighted by molar-refractivity contribution is -0.120. The molecule has 0 amide bonds. The normalized spacial score (nSPS) is 40.1. The fourth-order valence-electron chi connectivity index (χ4n) is 3.61. The Bertz CT molecular complexity index is 269. The predicted octanol–water partition coefficient (Wildman–Crippen LogP) is 1.84. The molecule has 0 aromatic heterocycles. The number of aliphatic hydroxyl groups excluding tert-OH is 1. The summed E-state index contributed by atoms with van der Waals surface area (Å²) in [7, 11) is 0. The molecular weight excluding hydrogens is 214 g/mol. The van der Waals surface area contributed by atoms with Crippen molar-refractivity contribution in [3.8, 4) is 0 Å². The van der Waals surface area contributed by atoms with Crippen LogP contribution in [0.25, 0.3) is 0 Å². The first-order valence-electron chi connectivity index (χ1n) is 7.00. The lowest BCUT2D eigenvalue weighted by Crippen LogP contribution is -2.47. The molecule has 1 N–H and O–H groups in total. The van der Waals surface area contributed by atoms with E-state index in [4.69, 9.17) is 0 Å². The SMILES string of the molecule is CC1CCCC(C=O)(CN2CCCC(O)C2)C1. The topological polar surface area (TPSA) is 40.5 Å². The van der Waals surface area contributed by atoms with Gasteiger partial charge in [0.15, 0.2) is 0 Å². The van der Waals surface area contributed by atoms with E-state index in [2.05, 4.69) is 11.8 Å². The van der Waals surface area contributed by atoms with Crippen LogP contribution >= 0.6 is 0 Å². The summed E-state index contributed by atoms with van der Waals surface area (Å²) in [6, 6.07) is 0. The van der Waals surface area contributed by atoms with Gasteiger partial charge in [0.1, 0.15) is 6.29 Å². The quantitative estimate of drug-likeness (QED) is 0.764. The van der Waals surface area contributed by atoms with Crippen molar-refractivity contribution in [1.82, 2.24) is 4.90 Å². The maximum absolute atomic E-state index is 11.5. The molecule has 3 atom stereocenters. The van der Waals surface area contributed by atoms with Gasteiger partial charge in [-0.25, -0.2) is 0 Å². The van der Waals surface area contributed by atoms with Crippen molar-refractivity contribution in [1.29, 1.82) is 0 Å². The lowest BCUT2D eigenvalue weighted by Gasteiger charge is -2.41. The molecule has 3 heteroatoms. The van der Waals surface area contributed by atoms with Crippen molar-refractivity contribution in [2.45, 2.75) is 51.6 Å². The second kappa shape index (κ2) is 5.49. The fraction of sp³-hybridized carbons (Fsp3) is 0.929. The number of aliphatic hydroxyl groups is 1. The number of aldehydes is 1. The van der Waals surface area contributed by atoms with Crippen LogP contribution in [0.2, 0.25) is 0 Å². The standard InChI is InChI=1S/C14H25NO2/c1-12-4-2-6-14(8-12,11-16)10-15-7-3-5-13(17)9-15/h11-13,17H,2-10H2,1H3. The lowest BCUT2D eigenvalue weighted by atomic mass is 9.70. The van der Waals surface area contributed by atoms with Crippen LogP contribution in [-0.4, -0.2) is 42.0 Å². The van der Waals surface area contributed by atoms with Crippen molar-refractivity contribution >= 4 is 6.29 Å². The zero-order valence-electron chi connectivity index (χ0n) is 10.9. The number of rotatable bonds is 3. The maximum Gasteiger partial charge on any atom is 0.127 e. The van der Waals surface area contributed by atoms with Crippen LogP contribution < -0.4 is 0 Å². The monoisotopic (exact) mass is 239 g/mol. The second-order valence-corrected chi connectivity index (χ2v) is 6.21. The van der Waals surface area contributed by atoms with Gasteiger partial charge in [-0.3, -0.25) is 4.90 Å². The number of carbonyl (C=O) groups excluding carboxylic acids is 1. The van der Waals surface area contributed by atoms with E-state index in [-0.39, 0.29) is 11.5 Å². The highest BCUT2D eigenvalue weighted by molar-refractivity contribution is 5.60. The van der Waals surface area contributed by atoms with Crippen LogP contribution in [0.3, 0.4) is 0 Å². The third kappa shape index (κ3) is 3.29. The Labute approximate surface area is 104 Å². The number of hydrogen-bond donors (Lipinski definition) is 1. The van der Waals surface area contributed by atoms with E-state index >= 15 is 0 Å². The number of hydrogen-bond acceptors (Lipinski definition) is 3. The van der Waals surface area contributed by atoms with Crippen molar-refractivity contribution in [2.75, 3.05) is 19.6 Å². The Morgan fingerprint density at radius 2 is 2.24 bits per heavy atom. The Morgan fingerprint density at radius 3 is 2.88 bits per heavy atom. The van der Waals surface area contributed by atoms with Gasteiger partial charge in [-0.05, 0) is 38.1 Å². The van der Waals surface area contributed by atoms with Crippen molar-refractivity contribution in [2.24, 2.45) is 11.3 Å². The van der Waals surface area contributed by atoms with Crippen LogP contribution in [0.4, 0.5) is 0 Å². The van der Waals surface area contributed by atoms with Gasteiger partial charge >= 0.3 is 0 Å². The van der Waals surface area contributed by atoms with Gasteiger partial charge < -0.3 is 9.90 Å². The molecule has 1 aliphatic heterocycles. The average molecular weight is 239 g/mol. The van der Waals surface area contributed by atoms with E-state index in [1.807, 2.05) is 0 Å². The summed E-state index contributed by atoms with van der Waals surface area (Å²) in [6.45, 7) is 4.91. The summed E-state index contributed by atoms with van der Waals surface area (Å²) in [6.07, 6.45) is 7.50. The molecule has 0 aromatic carbocycles. The van der Waals surface area contributed by atoms with Gasteiger partial charge in [-0.2, -0.15) is 0 Å². The number of nitrogens with zero attached hydrogens (tertiary/aromatic N) is 1.